The average Bonchev–Trinajstić information content (AvgIpc) is 2.74. The molecule has 0 fully saturated rings. The lowest BCUT2D eigenvalue weighted by Gasteiger charge is -2.13. The molecule has 0 heterocycles. The predicted octanol–water partition coefficient (Wildman–Crippen LogP) is 7.63. The van der Waals surface area contributed by atoms with Crippen molar-refractivity contribution in [2.45, 2.75) is 111 Å². The molecule has 1 aromatic carbocycles. The number of rotatable bonds is 17. The minimum atomic E-state index is -0.267. The quantitative estimate of drug-likeness (QED) is 0.148. The van der Waals surface area contributed by atoms with Crippen LogP contribution in [0.15, 0.2) is 24.3 Å². The van der Waals surface area contributed by atoms with Crippen LogP contribution < -0.4 is 9.47 Å². The molecule has 4 nitrogen and oxygen atoms in total. The molecular weight excluding hydrogens is 376 g/mol. The Morgan fingerprint density at radius 2 is 1.23 bits per heavy atom. The van der Waals surface area contributed by atoms with E-state index in [0.717, 1.165) is 32.1 Å². The second-order valence-corrected chi connectivity index (χ2v) is 8.32. The monoisotopic (exact) mass is 418 g/mol. The summed E-state index contributed by atoms with van der Waals surface area (Å²) in [5.74, 6) is -0.0427. The molecular formula is C26H42O4. The summed E-state index contributed by atoms with van der Waals surface area (Å²) in [6.45, 7) is 6.29. The summed E-state index contributed by atoms with van der Waals surface area (Å²) in [7, 11) is 0. The summed E-state index contributed by atoms with van der Waals surface area (Å²) in [4.78, 5) is 24.6. The van der Waals surface area contributed by atoms with E-state index in [0.29, 0.717) is 17.9 Å². The van der Waals surface area contributed by atoms with Gasteiger partial charge in [0.1, 0.15) is 0 Å². The van der Waals surface area contributed by atoms with Crippen LogP contribution in [0.5, 0.6) is 11.5 Å². The lowest BCUT2D eigenvalue weighted by atomic mass is 10.0. The standard InChI is InChI=1S/C26H42O4/c1-4-6-8-10-11-12-13-15-21-25(27)29-23-19-16-17-20-24(23)30-26(28)22(3)18-14-9-7-5-2/h16-17,19-20,22H,4-15,18,21H2,1-3H3. The van der Waals surface area contributed by atoms with Gasteiger partial charge in [0, 0.05) is 6.42 Å². The minimum Gasteiger partial charge on any atom is -0.423 e. The maximum absolute atomic E-state index is 12.4. The van der Waals surface area contributed by atoms with Gasteiger partial charge in [0.25, 0.3) is 0 Å². The SMILES string of the molecule is CCCCCCCCCCC(=O)Oc1ccccc1OC(=O)C(C)CCCCCC. The third-order valence-electron chi connectivity index (χ3n) is 5.41. The van der Waals surface area contributed by atoms with Crippen molar-refractivity contribution >= 4 is 11.9 Å². The first-order valence-electron chi connectivity index (χ1n) is 12.1. The van der Waals surface area contributed by atoms with E-state index in [1.807, 2.05) is 6.92 Å². The zero-order valence-corrected chi connectivity index (χ0v) is 19.4. The largest absolute Gasteiger partial charge is 0.423 e. The molecule has 4 heteroatoms. The molecule has 0 aliphatic rings. The maximum Gasteiger partial charge on any atom is 0.314 e. The lowest BCUT2D eigenvalue weighted by Crippen LogP contribution is -2.18. The van der Waals surface area contributed by atoms with Gasteiger partial charge >= 0.3 is 11.9 Å². The first-order chi connectivity index (χ1) is 14.6. The van der Waals surface area contributed by atoms with Gasteiger partial charge in [0.2, 0.25) is 0 Å². The summed E-state index contributed by atoms with van der Waals surface area (Å²) in [5.41, 5.74) is 0. The molecule has 0 radical (unpaired) electrons. The molecule has 0 saturated carbocycles. The normalized spacial score (nSPS) is 11.8. The van der Waals surface area contributed by atoms with Crippen molar-refractivity contribution < 1.29 is 19.1 Å². The van der Waals surface area contributed by atoms with Gasteiger partial charge in [0.05, 0.1) is 5.92 Å². The van der Waals surface area contributed by atoms with E-state index in [4.69, 9.17) is 9.47 Å². The van der Waals surface area contributed by atoms with E-state index < -0.39 is 0 Å². The molecule has 0 amide bonds. The molecule has 0 aromatic heterocycles. The first kappa shape index (κ1) is 26.2. The highest BCUT2D eigenvalue weighted by Gasteiger charge is 2.18. The number of hydrogen-bond acceptors (Lipinski definition) is 4. The number of esters is 2. The van der Waals surface area contributed by atoms with Crippen molar-refractivity contribution in [1.29, 1.82) is 0 Å². The number of unbranched alkanes of at least 4 members (excludes halogenated alkanes) is 10. The Balaban J connectivity index is 2.36. The van der Waals surface area contributed by atoms with Crippen LogP contribution in [0.3, 0.4) is 0 Å². The van der Waals surface area contributed by atoms with E-state index in [2.05, 4.69) is 13.8 Å². The third-order valence-corrected chi connectivity index (χ3v) is 5.41. The number of ether oxygens (including phenoxy) is 2. The van der Waals surface area contributed by atoms with Crippen molar-refractivity contribution in [1.82, 2.24) is 0 Å². The molecule has 0 saturated heterocycles. The molecule has 0 aliphatic heterocycles. The van der Waals surface area contributed by atoms with Crippen molar-refractivity contribution in [3.63, 3.8) is 0 Å². The molecule has 1 rings (SSSR count). The van der Waals surface area contributed by atoms with Crippen molar-refractivity contribution in [2.75, 3.05) is 0 Å². The van der Waals surface area contributed by atoms with Crippen molar-refractivity contribution in [3.05, 3.63) is 24.3 Å². The average molecular weight is 419 g/mol. The highest BCUT2D eigenvalue weighted by atomic mass is 16.6. The fraction of sp³-hybridized carbons (Fsp3) is 0.692. The summed E-state index contributed by atoms with van der Waals surface area (Å²) in [6.07, 6.45) is 15.2. The van der Waals surface area contributed by atoms with Crippen molar-refractivity contribution in [3.8, 4) is 11.5 Å². The predicted molar refractivity (Wildman–Crippen MR) is 123 cm³/mol. The number of hydrogen-bond donors (Lipinski definition) is 0. The molecule has 0 spiro atoms. The van der Waals surface area contributed by atoms with Crippen LogP contribution in [0.25, 0.3) is 0 Å². The topological polar surface area (TPSA) is 52.6 Å². The van der Waals surface area contributed by atoms with E-state index in [9.17, 15) is 9.59 Å². The Kier molecular flexibility index (Phi) is 14.8. The van der Waals surface area contributed by atoms with Crippen LogP contribution in [0.4, 0.5) is 0 Å². The summed E-state index contributed by atoms with van der Waals surface area (Å²) < 4.78 is 11.0. The summed E-state index contributed by atoms with van der Waals surface area (Å²) >= 11 is 0. The van der Waals surface area contributed by atoms with Gasteiger partial charge in [-0.15, -0.1) is 0 Å². The Labute approximate surface area is 183 Å². The molecule has 0 N–H and O–H groups in total. The van der Waals surface area contributed by atoms with Crippen LogP contribution in [0.1, 0.15) is 111 Å². The fourth-order valence-electron chi connectivity index (χ4n) is 3.40. The zero-order valence-electron chi connectivity index (χ0n) is 19.4. The Morgan fingerprint density at radius 1 is 0.733 bits per heavy atom. The van der Waals surface area contributed by atoms with E-state index in [1.165, 1.54) is 51.4 Å². The second-order valence-electron chi connectivity index (χ2n) is 8.32. The van der Waals surface area contributed by atoms with Gasteiger partial charge < -0.3 is 9.47 Å². The first-order valence-corrected chi connectivity index (χ1v) is 12.1. The van der Waals surface area contributed by atoms with E-state index >= 15 is 0 Å². The van der Waals surface area contributed by atoms with Gasteiger partial charge in [-0.3, -0.25) is 9.59 Å². The van der Waals surface area contributed by atoms with Gasteiger partial charge in [-0.25, -0.2) is 0 Å². The van der Waals surface area contributed by atoms with Crippen LogP contribution in [0, 0.1) is 5.92 Å². The number of benzene rings is 1. The fourth-order valence-corrected chi connectivity index (χ4v) is 3.40. The summed E-state index contributed by atoms with van der Waals surface area (Å²) in [5, 5.41) is 0. The van der Waals surface area contributed by atoms with Gasteiger partial charge in [-0.2, -0.15) is 0 Å². The summed E-state index contributed by atoms with van der Waals surface area (Å²) in [6, 6.07) is 6.93. The number of carbonyl (C=O) groups excluding carboxylic acids is 2. The Morgan fingerprint density at radius 3 is 1.83 bits per heavy atom. The third kappa shape index (κ3) is 12.0. The molecule has 30 heavy (non-hydrogen) atoms. The van der Waals surface area contributed by atoms with Gasteiger partial charge in [-0.1, -0.05) is 104 Å². The van der Waals surface area contributed by atoms with Crippen LogP contribution >= 0.6 is 0 Å². The molecule has 1 atom stereocenters. The highest BCUT2D eigenvalue weighted by molar-refractivity contribution is 5.77. The van der Waals surface area contributed by atoms with Gasteiger partial charge in [-0.05, 0) is 25.0 Å². The van der Waals surface area contributed by atoms with E-state index in [-0.39, 0.29) is 17.9 Å². The lowest BCUT2D eigenvalue weighted by molar-refractivity contribution is -0.140. The maximum atomic E-state index is 12.4. The number of carbonyl (C=O) groups is 2. The van der Waals surface area contributed by atoms with Crippen LogP contribution in [-0.4, -0.2) is 11.9 Å². The highest BCUT2D eigenvalue weighted by Crippen LogP contribution is 2.28. The molecule has 0 aliphatic carbocycles. The van der Waals surface area contributed by atoms with Gasteiger partial charge in [0.15, 0.2) is 11.5 Å². The second kappa shape index (κ2) is 16.9. The van der Waals surface area contributed by atoms with Crippen molar-refractivity contribution in [2.24, 2.45) is 5.92 Å². The minimum absolute atomic E-state index is 0.164. The zero-order chi connectivity index (χ0) is 22.0. The van der Waals surface area contributed by atoms with Crippen LogP contribution in [-0.2, 0) is 9.59 Å². The Hall–Kier alpha value is -1.84. The molecule has 170 valence electrons. The molecule has 0 bridgehead atoms. The number of para-hydroxylation sites is 2. The smallest absolute Gasteiger partial charge is 0.314 e. The van der Waals surface area contributed by atoms with E-state index in [1.54, 1.807) is 24.3 Å². The Bertz CT molecular complexity index is 596. The molecule has 1 unspecified atom stereocenters. The van der Waals surface area contributed by atoms with Crippen LogP contribution in [0.2, 0.25) is 0 Å². The molecule has 1 aromatic rings.